The van der Waals surface area contributed by atoms with Crippen molar-refractivity contribution < 1.29 is 0 Å². The van der Waals surface area contributed by atoms with Crippen LogP contribution in [-0.4, -0.2) is 23.0 Å². The minimum atomic E-state index is 0.249. The Kier molecular flexibility index (Phi) is 3.14. The average molecular weight is 252 g/mol. The summed E-state index contributed by atoms with van der Waals surface area (Å²) in [5.41, 5.74) is 0.249. The SMILES string of the molecule is CC1(C)CCSC(=NCC2CC3CCC2C3)N1. The van der Waals surface area contributed by atoms with Gasteiger partial charge < -0.3 is 5.32 Å². The first-order valence-corrected chi connectivity index (χ1v) is 8.06. The third-order valence-corrected chi connectivity index (χ3v) is 5.68. The molecule has 1 heterocycles. The second-order valence-electron chi connectivity index (χ2n) is 6.69. The molecule has 3 heteroatoms. The maximum atomic E-state index is 4.85. The van der Waals surface area contributed by atoms with Crippen molar-refractivity contribution in [3.63, 3.8) is 0 Å². The Bertz CT molecular complexity index is 324. The van der Waals surface area contributed by atoms with E-state index in [-0.39, 0.29) is 5.54 Å². The lowest BCUT2D eigenvalue weighted by atomic mass is 9.89. The Hall–Kier alpha value is -0.180. The van der Waals surface area contributed by atoms with Gasteiger partial charge in [0, 0.05) is 17.8 Å². The van der Waals surface area contributed by atoms with Gasteiger partial charge in [0.2, 0.25) is 0 Å². The number of nitrogens with zero attached hydrogens (tertiary/aromatic N) is 1. The zero-order valence-corrected chi connectivity index (χ0v) is 11.9. The summed E-state index contributed by atoms with van der Waals surface area (Å²) in [6.45, 7) is 5.63. The first-order valence-electron chi connectivity index (χ1n) is 7.08. The fourth-order valence-electron chi connectivity index (χ4n) is 3.68. The summed E-state index contributed by atoms with van der Waals surface area (Å²) >= 11 is 1.91. The van der Waals surface area contributed by atoms with Gasteiger partial charge in [-0.2, -0.15) is 0 Å². The maximum absolute atomic E-state index is 4.85. The van der Waals surface area contributed by atoms with Gasteiger partial charge in [0.1, 0.15) is 0 Å². The van der Waals surface area contributed by atoms with Crippen LogP contribution >= 0.6 is 11.8 Å². The van der Waals surface area contributed by atoms with Gasteiger partial charge in [0.15, 0.2) is 5.17 Å². The molecule has 1 N–H and O–H groups in total. The number of amidine groups is 1. The van der Waals surface area contributed by atoms with Crippen molar-refractivity contribution in [3.05, 3.63) is 0 Å². The molecule has 3 unspecified atom stereocenters. The third-order valence-electron chi connectivity index (χ3n) is 4.77. The largest absolute Gasteiger partial charge is 0.360 e. The van der Waals surface area contributed by atoms with E-state index in [0.29, 0.717) is 0 Å². The average Bonchev–Trinajstić information content (AvgIpc) is 2.86. The van der Waals surface area contributed by atoms with E-state index in [1.807, 2.05) is 11.8 Å². The number of rotatable bonds is 2. The molecule has 0 aromatic heterocycles. The summed E-state index contributed by atoms with van der Waals surface area (Å²) in [4.78, 5) is 4.85. The van der Waals surface area contributed by atoms with E-state index < -0.39 is 0 Å². The standard InChI is InChI=1S/C14H24N2S/c1-14(2)5-6-17-13(16-14)15-9-12-8-10-3-4-11(12)7-10/h10-12H,3-9H2,1-2H3,(H,15,16). The van der Waals surface area contributed by atoms with E-state index in [2.05, 4.69) is 19.2 Å². The highest BCUT2D eigenvalue weighted by Crippen LogP contribution is 2.48. The molecule has 0 aromatic carbocycles. The molecule has 2 nitrogen and oxygen atoms in total. The van der Waals surface area contributed by atoms with Crippen molar-refractivity contribution >= 4 is 16.9 Å². The van der Waals surface area contributed by atoms with Crippen LogP contribution in [0.2, 0.25) is 0 Å². The second kappa shape index (κ2) is 4.49. The smallest absolute Gasteiger partial charge is 0.156 e. The highest BCUT2D eigenvalue weighted by Gasteiger charge is 2.39. The van der Waals surface area contributed by atoms with Crippen LogP contribution in [0.15, 0.2) is 4.99 Å². The molecule has 3 atom stereocenters. The van der Waals surface area contributed by atoms with E-state index in [4.69, 9.17) is 4.99 Å². The van der Waals surface area contributed by atoms with E-state index in [9.17, 15) is 0 Å². The van der Waals surface area contributed by atoms with Crippen LogP contribution in [0.4, 0.5) is 0 Å². The van der Waals surface area contributed by atoms with E-state index in [0.717, 1.165) is 24.3 Å². The van der Waals surface area contributed by atoms with Crippen LogP contribution in [0.25, 0.3) is 0 Å². The number of hydrogen-bond acceptors (Lipinski definition) is 2. The number of nitrogens with one attached hydrogen (secondary N) is 1. The summed E-state index contributed by atoms with van der Waals surface area (Å²) < 4.78 is 0. The number of hydrogen-bond donors (Lipinski definition) is 1. The zero-order chi connectivity index (χ0) is 11.9. The van der Waals surface area contributed by atoms with Gasteiger partial charge in [-0.25, -0.2) is 0 Å². The topological polar surface area (TPSA) is 24.4 Å². The van der Waals surface area contributed by atoms with E-state index >= 15 is 0 Å². The Balaban J connectivity index is 1.56. The molecule has 2 saturated carbocycles. The molecular weight excluding hydrogens is 228 g/mol. The molecule has 0 amide bonds. The minimum Gasteiger partial charge on any atom is -0.360 e. The van der Waals surface area contributed by atoms with Gasteiger partial charge in [-0.05, 0) is 57.3 Å². The van der Waals surface area contributed by atoms with Crippen molar-refractivity contribution in [3.8, 4) is 0 Å². The van der Waals surface area contributed by atoms with Crippen LogP contribution in [-0.2, 0) is 0 Å². The first kappa shape index (κ1) is 11.9. The van der Waals surface area contributed by atoms with Crippen LogP contribution in [0.5, 0.6) is 0 Å². The molecule has 3 aliphatic rings. The fourth-order valence-corrected chi connectivity index (χ4v) is 5.00. The number of fused-ring (bicyclic) bond motifs is 2. The molecule has 2 aliphatic carbocycles. The summed E-state index contributed by atoms with van der Waals surface area (Å²) in [7, 11) is 0. The second-order valence-corrected chi connectivity index (χ2v) is 7.77. The first-order chi connectivity index (χ1) is 8.12. The molecular formula is C14H24N2S. The van der Waals surface area contributed by atoms with Crippen molar-refractivity contribution in [2.24, 2.45) is 22.7 Å². The van der Waals surface area contributed by atoms with Crippen molar-refractivity contribution in [1.29, 1.82) is 0 Å². The lowest BCUT2D eigenvalue weighted by molar-refractivity contribution is 0.341. The molecule has 0 radical (unpaired) electrons. The van der Waals surface area contributed by atoms with Gasteiger partial charge in [-0.15, -0.1) is 0 Å². The maximum Gasteiger partial charge on any atom is 0.156 e. The normalized spacial score (nSPS) is 41.8. The van der Waals surface area contributed by atoms with Gasteiger partial charge in [-0.1, -0.05) is 18.2 Å². The summed E-state index contributed by atoms with van der Waals surface area (Å²) in [6, 6.07) is 0. The van der Waals surface area contributed by atoms with Crippen molar-refractivity contribution in [2.75, 3.05) is 12.3 Å². The molecule has 96 valence electrons. The summed E-state index contributed by atoms with van der Waals surface area (Å²) in [5, 5.41) is 4.77. The summed E-state index contributed by atoms with van der Waals surface area (Å²) in [5.74, 6) is 4.17. The van der Waals surface area contributed by atoms with Crippen LogP contribution < -0.4 is 5.32 Å². The van der Waals surface area contributed by atoms with Gasteiger partial charge >= 0.3 is 0 Å². The minimum absolute atomic E-state index is 0.249. The van der Waals surface area contributed by atoms with E-state index in [1.165, 1.54) is 43.0 Å². The highest BCUT2D eigenvalue weighted by molar-refractivity contribution is 8.13. The Morgan fingerprint density at radius 2 is 2.24 bits per heavy atom. The fraction of sp³-hybridized carbons (Fsp3) is 0.929. The lowest BCUT2D eigenvalue weighted by Gasteiger charge is -2.32. The highest BCUT2D eigenvalue weighted by atomic mass is 32.2. The molecule has 2 bridgehead atoms. The van der Waals surface area contributed by atoms with Gasteiger partial charge in [0.05, 0.1) is 0 Å². The van der Waals surface area contributed by atoms with Crippen LogP contribution in [0.1, 0.15) is 46.0 Å². The summed E-state index contributed by atoms with van der Waals surface area (Å²) in [6.07, 6.45) is 7.17. The van der Waals surface area contributed by atoms with Crippen molar-refractivity contribution in [2.45, 2.75) is 51.5 Å². The van der Waals surface area contributed by atoms with Gasteiger partial charge in [-0.3, -0.25) is 4.99 Å². The molecule has 0 aromatic rings. The Morgan fingerprint density at radius 3 is 2.88 bits per heavy atom. The lowest BCUT2D eigenvalue weighted by Crippen LogP contribution is -2.46. The molecule has 17 heavy (non-hydrogen) atoms. The van der Waals surface area contributed by atoms with Crippen LogP contribution in [0.3, 0.4) is 0 Å². The Morgan fingerprint density at radius 1 is 1.35 bits per heavy atom. The molecule has 1 aliphatic heterocycles. The molecule has 3 fully saturated rings. The zero-order valence-electron chi connectivity index (χ0n) is 11.0. The molecule has 1 saturated heterocycles. The number of aliphatic imine (C=N–C) groups is 1. The predicted molar refractivity (Wildman–Crippen MR) is 75.5 cm³/mol. The third kappa shape index (κ3) is 2.64. The van der Waals surface area contributed by atoms with Crippen LogP contribution in [0, 0.1) is 17.8 Å². The Labute approximate surface area is 109 Å². The van der Waals surface area contributed by atoms with E-state index in [1.54, 1.807) is 0 Å². The van der Waals surface area contributed by atoms with Crippen molar-refractivity contribution in [1.82, 2.24) is 5.32 Å². The molecule has 3 rings (SSSR count). The predicted octanol–water partition coefficient (Wildman–Crippen LogP) is 3.28. The van der Waals surface area contributed by atoms with Gasteiger partial charge in [0.25, 0.3) is 0 Å². The molecule has 0 spiro atoms. The number of thioether (sulfide) groups is 1. The quantitative estimate of drug-likeness (QED) is 0.815. The monoisotopic (exact) mass is 252 g/mol.